The van der Waals surface area contributed by atoms with Crippen LogP contribution in [0.4, 0.5) is 0 Å². The number of ether oxygens (including phenoxy) is 2. The monoisotopic (exact) mass is 490 g/mol. The average molecular weight is 491 g/mol. The highest BCUT2D eigenvalue weighted by Gasteiger charge is 2.71. The summed E-state index contributed by atoms with van der Waals surface area (Å²) in [5, 5.41) is 0. The third-order valence-corrected chi connectivity index (χ3v) is 9.99. The van der Waals surface area contributed by atoms with Crippen molar-refractivity contribution in [1.82, 2.24) is 0 Å². The summed E-state index contributed by atoms with van der Waals surface area (Å²) in [5.41, 5.74) is 3.83. The normalized spacial score (nSPS) is 34.3. The zero-order chi connectivity index (χ0) is 26.3. The van der Waals surface area contributed by atoms with E-state index in [0.717, 1.165) is 24.2 Å². The molecule has 2 fully saturated rings. The molecule has 0 amide bonds. The molecule has 2 saturated carbocycles. The lowest BCUT2D eigenvalue weighted by Gasteiger charge is -2.41. The zero-order valence-corrected chi connectivity index (χ0v) is 22.8. The molecule has 0 aromatic heterocycles. The number of Topliss-reactive ketones (excluding diaryl/α,β-unsaturated/α-hetero) is 3. The summed E-state index contributed by atoms with van der Waals surface area (Å²) in [5.74, 6) is 1.93. The maximum atomic E-state index is 13.9. The van der Waals surface area contributed by atoms with Gasteiger partial charge in [0, 0.05) is 29.2 Å². The fourth-order valence-electron chi connectivity index (χ4n) is 8.13. The van der Waals surface area contributed by atoms with E-state index in [1.54, 1.807) is 27.0 Å². The molecule has 192 valence electrons. The maximum Gasteiger partial charge on any atom is 0.202 e. The van der Waals surface area contributed by atoms with Crippen LogP contribution in [0.1, 0.15) is 66.4 Å². The Balaban J connectivity index is 1.47. The van der Waals surface area contributed by atoms with Crippen LogP contribution in [-0.2, 0) is 14.4 Å². The van der Waals surface area contributed by atoms with Crippen LogP contribution in [0.25, 0.3) is 0 Å². The molecule has 2 bridgehead atoms. The van der Waals surface area contributed by atoms with Crippen molar-refractivity contribution >= 4 is 17.3 Å². The van der Waals surface area contributed by atoms with Crippen molar-refractivity contribution in [2.75, 3.05) is 7.11 Å². The SMILES string of the molecule is COc1ccc(OC2=C(C)C(=O)[C@H]3[C@@H](C2=O)[C@@H]2C[C@@]3(C)C([C@@H]3[C@H](CCC(C)=O)C3(C)C)=C2C)cc1C. The third kappa shape index (κ3) is 3.38. The first-order chi connectivity index (χ1) is 16.8. The number of carbonyl (C=O) groups is 3. The number of carbonyl (C=O) groups excluding carboxylic acids is 3. The lowest BCUT2D eigenvalue weighted by atomic mass is 9.60. The molecule has 6 atom stereocenters. The van der Waals surface area contributed by atoms with Gasteiger partial charge in [0.25, 0.3) is 0 Å². The van der Waals surface area contributed by atoms with Crippen LogP contribution in [0.2, 0.25) is 0 Å². The summed E-state index contributed by atoms with van der Waals surface area (Å²) in [4.78, 5) is 39.5. The number of rotatable bonds is 7. The van der Waals surface area contributed by atoms with E-state index in [4.69, 9.17) is 9.47 Å². The number of hydrogen-bond acceptors (Lipinski definition) is 5. The Morgan fingerprint density at radius 3 is 2.36 bits per heavy atom. The molecule has 1 aromatic carbocycles. The Morgan fingerprint density at radius 2 is 1.75 bits per heavy atom. The van der Waals surface area contributed by atoms with E-state index in [9.17, 15) is 14.4 Å². The molecule has 4 aliphatic carbocycles. The first kappa shape index (κ1) is 25.0. The number of allylic oxidation sites excluding steroid dienone is 4. The molecule has 0 heterocycles. The van der Waals surface area contributed by atoms with Gasteiger partial charge in [-0.2, -0.15) is 0 Å². The van der Waals surface area contributed by atoms with E-state index in [1.165, 1.54) is 11.1 Å². The Kier molecular flexibility index (Phi) is 5.66. The molecule has 0 spiro atoms. The van der Waals surface area contributed by atoms with Crippen LogP contribution < -0.4 is 9.47 Å². The van der Waals surface area contributed by atoms with Gasteiger partial charge in [-0.25, -0.2) is 0 Å². The molecule has 5 heteroatoms. The smallest absolute Gasteiger partial charge is 0.202 e. The van der Waals surface area contributed by atoms with Gasteiger partial charge in [-0.05, 0) is 87.5 Å². The number of fused-ring (bicyclic) bond motifs is 5. The van der Waals surface area contributed by atoms with E-state index < -0.39 is 0 Å². The van der Waals surface area contributed by atoms with Gasteiger partial charge in [-0.15, -0.1) is 0 Å². The van der Waals surface area contributed by atoms with Gasteiger partial charge in [0.05, 0.1) is 7.11 Å². The van der Waals surface area contributed by atoms with Crippen molar-refractivity contribution in [2.45, 2.75) is 67.7 Å². The van der Waals surface area contributed by atoms with E-state index in [2.05, 4.69) is 27.7 Å². The molecular weight excluding hydrogens is 452 g/mol. The maximum absolute atomic E-state index is 13.9. The van der Waals surface area contributed by atoms with Crippen LogP contribution in [-0.4, -0.2) is 24.5 Å². The highest BCUT2D eigenvalue weighted by Crippen LogP contribution is 2.75. The lowest BCUT2D eigenvalue weighted by Crippen LogP contribution is -2.46. The van der Waals surface area contributed by atoms with Gasteiger partial charge in [0.1, 0.15) is 17.3 Å². The minimum atomic E-state index is -0.359. The molecule has 0 radical (unpaired) electrons. The van der Waals surface area contributed by atoms with Crippen LogP contribution in [0.3, 0.4) is 0 Å². The van der Waals surface area contributed by atoms with E-state index in [0.29, 0.717) is 29.6 Å². The fraction of sp³-hybridized carbons (Fsp3) is 0.581. The standard InChI is InChI=1S/C31H38O5/c1-15-13-19(10-12-22(15)35-8)36-29-18(4)27(33)26-23(28(29)34)20-14-31(26,7)24(17(20)3)25-21(30(25,5)6)11-9-16(2)32/h10,12-13,20-21,23,25-26H,9,11,14H2,1-8H3/t20-,21+,23+,25+,26-,31+/m1/s1. The molecule has 4 aliphatic rings. The number of hydrogen-bond donors (Lipinski definition) is 0. The highest BCUT2D eigenvalue weighted by atomic mass is 16.5. The van der Waals surface area contributed by atoms with Crippen LogP contribution in [0.15, 0.2) is 40.7 Å². The topological polar surface area (TPSA) is 69.7 Å². The summed E-state index contributed by atoms with van der Waals surface area (Å²) in [6.45, 7) is 14.3. The molecule has 1 aromatic rings. The van der Waals surface area contributed by atoms with Crippen molar-refractivity contribution in [3.63, 3.8) is 0 Å². The predicted octanol–water partition coefficient (Wildman–Crippen LogP) is 6.04. The number of benzene rings is 1. The second-order valence-corrected chi connectivity index (χ2v) is 12.4. The molecule has 0 saturated heterocycles. The molecule has 5 rings (SSSR count). The van der Waals surface area contributed by atoms with Gasteiger partial charge in [0.2, 0.25) is 5.78 Å². The van der Waals surface area contributed by atoms with Gasteiger partial charge >= 0.3 is 0 Å². The van der Waals surface area contributed by atoms with Gasteiger partial charge in [-0.3, -0.25) is 9.59 Å². The predicted molar refractivity (Wildman–Crippen MR) is 138 cm³/mol. The minimum Gasteiger partial charge on any atom is -0.496 e. The number of ketones is 3. The van der Waals surface area contributed by atoms with Crippen molar-refractivity contribution in [1.29, 1.82) is 0 Å². The van der Waals surface area contributed by atoms with E-state index in [1.807, 2.05) is 19.1 Å². The summed E-state index contributed by atoms with van der Waals surface area (Å²) in [7, 11) is 1.62. The third-order valence-electron chi connectivity index (χ3n) is 9.99. The highest BCUT2D eigenvalue weighted by molar-refractivity contribution is 6.14. The lowest BCUT2D eigenvalue weighted by molar-refractivity contribution is -0.134. The first-order valence-electron chi connectivity index (χ1n) is 13.2. The second-order valence-electron chi connectivity index (χ2n) is 12.4. The van der Waals surface area contributed by atoms with Crippen molar-refractivity contribution < 1.29 is 23.9 Å². The van der Waals surface area contributed by atoms with E-state index in [-0.39, 0.29) is 51.7 Å². The quantitative estimate of drug-likeness (QED) is 0.436. The Morgan fingerprint density at radius 1 is 1.06 bits per heavy atom. The average Bonchev–Trinajstić information content (AvgIpc) is 3.05. The largest absolute Gasteiger partial charge is 0.496 e. The molecule has 0 unspecified atom stereocenters. The second kappa shape index (κ2) is 8.16. The minimum absolute atomic E-state index is 0.0408. The molecular formula is C31H38O5. The zero-order valence-electron chi connectivity index (χ0n) is 22.8. The van der Waals surface area contributed by atoms with Crippen molar-refractivity contribution in [2.24, 2.45) is 40.4 Å². The summed E-state index contributed by atoms with van der Waals surface area (Å²) >= 11 is 0. The molecule has 0 N–H and O–H groups in total. The van der Waals surface area contributed by atoms with Gasteiger partial charge < -0.3 is 14.3 Å². The number of methoxy groups -OCH3 is 1. The molecule has 36 heavy (non-hydrogen) atoms. The van der Waals surface area contributed by atoms with Gasteiger partial charge in [0.15, 0.2) is 11.5 Å². The van der Waals surface area contributed by atoms with Crippen molar-refractivity contribution in [3.05, 3.63) is 46.2 Å². The van der Waals surface area contributed by atoms with Crippen LogP contribution in [0.5, 0.6) is 11.5 Å². The summed E-state index contributed by atoms with van der Waals surface area (Å²) < 4.78 is 11.4. The molecule has 5 nitrogen and oxygen atoms in total. The fourth-order valence-corrected chi connectivity index (χ4v) is 8.13. The van der Waals surface area contributed by atoms with Crippen LogP contribution >= 0.6 is 0 Å². The van der Waals surface area contributed by atoms with Gasteiger partial charge in [-0.1, -0.05) is 31.9 Å². The first-order valence-corrected chi connectivity index (χ1v) is 13.2. The summed E-state index contributed by atoms with van der Waals surface area (Å²) in [6.07, 6.45) is 2.34. The Bertz CT molecular complexity index is 1250. The Hall–Kier alpha value is -2.69. The van der Waals surface area contributed by atoms with Crippen molar-refractivity contribution in [3.8, 4) is 11.5 Å². The summed E-state index contributed by atoms with van der Waals surface area (Å²) in [6, 6.07) is 5.43. The molecule has 0 aliphatic heterocycles. The Labute approximate surface area is 214 Å². The van der Waals surface area contributed by atoms with E-state index >= 15 is 0 Å². The van der Waals surface area contributed by atoms with Crippen LogP contribution in [0, 0.1) is 47.3 Å². The number of aryl methyl sites for hydroxylation is 1.